The zero-order valence-electron chi connectivity index (χ0n) is 26.4. The van der Waals surface area contributed by atoms with Crippen molar-refractivity contribution in [2.45, 2.75) is 31.8 Å². The van der Waals surface area contributed by atoms with Gasteiger partial charge in [-0.15, -0.1) is 0 Å². The fraction of sp³-hybridized carbons (Fsp3) is 0.263. The molecule has 2 saturated heterocycles. The van der Waals surface area contributed by atoms with Gasteiger partial charge in [0.25, 0.3) is 5.91 Å². The van der Waals surface area contributed by atoms with E-state index in [9.17, 15) is 19.2 Å². The highest BCUT2D eigenvalue weighted by Gasteiger charge is 2.31. The predicted octanol–water partition coefficient (Wildman–Crippen LogP) is 5.41. The van der Waals surface area contributed by atoms with Crippen molar-refractivity contribution >= 4 is 56.8 Å². The summed E-state index contributed by atoms with van der Waals surface area (Å²) in [6, 6.07) is 27.1. The highest BCUT2D eigenvalue weighted by Crippen LogP contribution is 2.26. The Hall–Kier alpha value is -5.15. The second-order valence-electron chi connectivity index (χ2n) is 12.4. The SMILES string of the molecule is O=C(N[C@H](Cc1ccc2ccccc2c1)C(=O)N1CCN(c2ccccc2CN2CCCC2=O)CC1)c1cc(=O)c2cccc(Cl)c2o1. The Morgan fingerprint density at radius 1 is 0.833 bits per heavy atom. The predicted molar refractivity (Wildman–Crippen MR) is 186 cm³/mol. The van der Waals surface area contributed by atoms with Gasteiger partial charge < -0.3 is 24.4 Å². The van der Waals surface area contributed by atoms with E-state index in [0.717, 1.165) is 46.6 Å². The molecular weight excluding hydrogens is 628 g/mol. The first kappa shape index (κ1) is 31.4. The van der Waals surface area contributed by atoms with Gasteiger partial charge in [-0.2, -0.15) is 0 Å². The molecule has 4 aromatic carbocycles. The van der Waals surface area contributed by atoms with Gasteiger partial charge in [-0.3, -0.25) is 19.2 Å². The largest absolute Gasteiger partial charge is 0.449 e. The Morgan fingerprint density at radius 2 is 1.60 bits per heavy atom. The van der Waals surface area contributed by atoms with E-state index >= 15 is 0 Å². The van der Waals surface area contributed by atoms with Crippen molar-refractivity contribution in [1.29, 1.82) is 0 Å². The average molecular weight is 663 g/mol. The monoisotopic (exact) mass is 662 g/mol. The van der Waals surface area contributed by atoms with Crippen LogP contribution in [-0.2, 0) is 22.6 Å². The molecule has 2 aliphatic heterocycles. The number of fused-ring (bicyclic) bond motifs is 2. The number of carbonyl (C=O) groups is 3. The van der Waals surface area contributed by atoms with Gasteiger partial charge in [0.15, 0.2) is 16.8 Å². The van der Waals surface area contributed by atoms with Crippen LogP contribution >= 0.6 is 11.6 Å². The zero-order chi connectivity index (χ0) is 33.2. The Kier molecular flexibility index (Phi) is 8.86. The Labute approximate surface area is 282 Å². The molecule has 3 heterocycles. The van der Waals surface area contributed by atoms with E-state index in [4.69, 9.17) is 16.0 Å². The van der Waals surface area contributed by atoms with Crippen molar-refractivity contribution in [3.05, 3.63) is 123 Å². The standard InChI is InChI=1S/C38H35ClN4O5/c39-30-11-5-10-29-33(44)23-34(48-36(29)30)37(46)40-31(22-25-14-15-26-7-1-2-8-27(26)21-25)38(47)42-19-17-41(18-20-42)32-12-4-3-9-28(32)24-43-16-6-13-35(43)45/h1-5,7-12,14-15,21,23,31H,6,13,16-20,22,24H2,(H,40,46)/t31-/m1/s1. The zero-order valence-corrected chi connectivity index (χ0v) is 27.1. The number of rotatable bonds is 8. The number of carbonyl (C=O) groups excluding carboxylic acids is 3. The maximum Gasteiger partial charge on any atom is 0.287 e. The Balaban J connectivity index is 1.11. The molecule has 0 radical (unpaired) electrons. The van der Waals surface area contributed by atoms with Crippen LogP contribution in [0, 0.1) is 0 Å². The van der Waals surface area contributed by atoms with Crippen LogP contribution in [0.5, 0.6) is 0 Å². The lowest BCUT2D eigenvalue weighted by Crippen LogP contribution is -2.55. The normalized spacial score (nSPS) is 15.7. The van der Waals surface area contributed by atoms with E-state index in [0.29, 0.717) is 39.1 Å². The lowest BCUT2D eigenvalue weighted by Gasteiger charge is -2.38. The van der Waals surface area contributed by atoms with Gasteiger partial charge in [0, 0.05) is 63.9 Å². The van der Waals surface area contributed by atoms with Crippen molar-refractivity contribution in [3.63, 3.8) is 0 Å². The van der Waals surface area contributed by atoms with Gasteiger partial charge in [0.2, 0.25) is 11.8 Å². The van der Waals surface area contributed by atoms with E-state index < -0.39 is 17.4 Å². The van der Waals surface area contributed by atoms with Crippen molar-refractivity contribution in [1.82, 2.24) is 15.1 Å². The molecule has 9 nitrogen and oxygen atoms in total. The molecule has 0 aliphatic carbocycles. The molecule has 5 aromatic rings. The molecular formula is C38H35ClN4O5. The Morgan fingerprint density at radius 3 is 2.40 bits per heavy atom. The molecule has 1 N–H and O–H groups in total. The summed E-state index contributed by atoms with van der Waals surface area (Å²) in [7, 11) is 0. The van der Waals surface area contributed by atoms with Crippen LogP contribution in [0.3, 0.4) is 0 Å². The molecule has 1 atom stereocenters. The molecule has 3 amide bonds. The third-order valence-corrected chi connectivity index (χ3v) is 9.54. The lowest BCUT2D eigenvalue weighted by atomic mass is 10.0. The second kappa shape index (κ2) is 13.5. The molecule has 2 aliphatic rings. The number of nitrogens with one attached hydrogen (secondary N) is 1. The molecule has 0 spiro atoms. The maximum absolute atomic E-state index is 14.2. The summed E-state index contributed by atoms with van der Waals surface area (Å²) in [6.07, 6.45) is 1.74. The molecule has 7 rings (SSSR count). The summed E-state index contributed by atoms with van der Waals surface area (Å²) >= 11 is 6.29. The van der Waals surface area contributed by atoms with Gasteiger partial charge in [-0.25, -0.2) is 0 Å². The summed E-state index contributed by atoms with van der Waals surface area (Å²) < 4.78 is 5.80. The number of nitrogens with zero attached hydrogens (tertiary/aromatic N) is 3. The van der Waals surface area contributed by atoms with E-state index in [2.05, 4.69) is 22.3 Å². The molecule has 0 bridgehead atoms. The Bertz CT molecular complexity index is 2090. The van der Waals surface area contributed by atoms with Gasteiger partial charge in [0.1, 0.15) is 6.04 Å². The molecule has 2 fully saturated rings. The third kappa shape index (κ3) is 6.51. The minimum Gasteiger partial charge on any atom is -0.449 e. The van der Waals surface area contributed by atoms with Crippen LogP contribution in [-0.4, -0.2) is 66.3 Å². The first-order valence-corrected chi connectivity index (χ1v) is 16.6. The third-order valence-electron chi connectivity index (χ3n) is 9.24. The number of para-hydroxylation sites is 2. The fourth-order valence-corrected chi connectivity index (χ4v) is 6.92. The number of hydrogen-bond acceptors (Lipinski definition) is 6. The van der Waals surface area contributed by atoms with Crippen molar-refractivity contribution in [2.24, 2.45) is 0 Å². The molecule has 10 heteroatoms. The highest BCUT2D eigenvalue weighted by molar-refractivity contribution is 6.34. The number of halogens is 1. The van der Waals surface area contributed by atoms with E-state index in [-0.39, 0.29) is 40.0 Å². The van der Waals surface area contributed by atoms with E-state index in [1.54, 1.807) is 23.1 Å². The molecule has 0 saturated carbocycles. The quantitative estimate of drug-likeness (QED) is 0.238. The summed E-state index contributed by atoms with van der Waals surface area (Å²) in [5.41, 5.74) is 2.77. The smallest absolute Gasteiger partial charge is 0.287 e. The van der Waals surface area contributed by atoms with Gasteiger partial charge in [0.05, 0.1) is 10.4 Å². The first-order valence-electron chi connectivity index (χ1n) is 16.2. The van der Waals surface area contributed by atoms with E-state index in [1.165, 1.54) is 0 Å². The van der Waals surface area contributed by atoms with E-state index in [1.807, 2.05) is 59.5 Å². The van der Waals surface area contributed by atoms with Gasteiger partial charge in [-0.05, 0) is 46.5 Å². The minimum atomic E-state index is -0.911. The number of anilines is 1. The number of piperazine rings is 1. The lowest BCUT2D eigenvalue weighted by molar-refractivity contribution is -0.133. The summed E-state index contributed by atoms with van der Waals surface area (Å²) in [4.78, 5) is 58.9. The number of benzene rings is 4. The van der Waals surface area contributed by atoms with Crippen LogP contribution in [0.1, 0.15) is 34.5 Å². The number of hydrogen-bond donors (Lipinski definition) is 1. The highest BCUT2D eigenvalue weighted by atomic mass is 35.5. The van der Waals surface area contributed by atoms with Gasteiger partial charge >= 0.3 is 0 Å². The van der Waals surface area contributed by atoms with Crippen molar-refractivity contribution in [3.8, 4) is 0 Å². The summed E-state index contributed by atoms with van der Waals surface area (Å²) in [5, 5.41) is 5.48. The average Bonchev–Trinajstić information content (AvgIpc) is 3.51. The van der Waals surface area contributed by atoms with Crippen LogP contribution in [0.4, 0.5) is 5.69 Å². The van der Waals surface area contributed by atoms with Crippen molar-refractivity contribution in [2.75, 3.05) is 37.6 Å². The summed E-state index contributed by atoms with van der Waals surface area (Å²) in [5.74, 6) is -0.911. The first-order chi connectivity index (χ1) is 23.3. The number of likely N-dealkylation sites (tertiary alicyclic amines) is 1. The van der Waals surface area contributed by atoms with Crippen LogP contribution in [0.25, 0.3) is 21.7 Å². The van der Waals surface area contributed by atoms with Crippen molar-refractivity contribution < 1.29 is 18.8 Å². The molecule has 244 valence electrons. The topological polar surface area (TPSA) is 103 Å². The van der Waals surface area contributed by atoms with Crippen LogP contribution in [0.2, 0.25) is 5.02 Å². The minimum absolute atomic E-state index is 0.125. The van der Waals surface area contributed by atoms with Crippen LogP contribution in [0.15, 0.2) is 100 Å². The number of amides is 3. The molecule has 0 unspecified atom stereocenters. The maximum atomic E-state index is 14.2. The summed E-state index contributed by atoms with van der Waals surface area (Å²) in [6.45, 7) is 3.47. The molecule has 48 heavy (non-hydrogen) atoms. The van der Waals surface area contributed by atoms with Crippen LogP contribution < -0.4 is 15.6 Å². The molecule has 1 aromatic heterocycles. The van der Waals surface area contributed by atoms with Gasteiger partial charge in [-0.1, -0.05) is 78.3 Å². The fourth-order valence-electron chi connectivity index (χ4n) is 6.70. The second-order valence-corrected chi connectivity index (χ2v) is 12.8.